The Morgan fingerprint density at radius 3 is 1.96 bits per heavy atom. The van der Waals surface area contributed by atoms with Gasteiger partial charge in [-0.3, -0.25) is 0 Å². The molecule has 1 aromatic rings. The fraction of sp³-hybridized carbons (Fsp3) is 0.250. The molecular weight excluding hydrogens is 350 g/mol. The van der Waals surface area contributed by atoms with E-state index in [1.165, 1.54) is 6.08 Å². The second kappa shape index (κ2) is 7.90. The molecule has 0 unspecified atom stereocenters. The van der Waals surface area contributed by atoms with E-state index in [0.29, 0.717) is 22.5 Å². The number of aliphatic carboxylic acids is 3. The zero-order valence-electron chi connectivity index (χ0n) is 15.2. The van der Waals surface area contributed by atoms with Crippen LogP contribution in [0.25, 0.3) is 0 Å². The number of carbonyl (C=O) groups is 3. The second-order valence-electron chi connectivity index (χ2n) is 6.24. The number of nitrogens with one attached hydrogen (secondary N) is 1. The van der Waals surface area contributed by atoms with Crippen molar-refractivity contribution in [3.8, 4) is 0 Å². The lowest BCUT2D eigenvalue weighted by Crippen LogP contribution is -2.31. The third-order valence-electron chi connectivity index (χ3n) is 4.59. The van der Waals surface area contributed by atoms with Gasteiger partial charge in [-0.05, 0) is 31.9 Å². The van der Waals surface area contributed by atoms with Crippen molar-refractivity contribution in [3.05, 3.63) is 69.6 Å². The minimum absolute atomic E-state index is 0.0594. The van der Waals surface area contributed by atoms with E-state index in [1.54, 1.807) is 45.0 Å². The third kappa shape index (κ3) is 3.92. The standard InChI is InChI=1S/C20H21NO6/c1-4-12(18(22)23)9-13-7-5-6-8-14(13)17-15(19(24)25)10(2)21-11(3)16(17)20(26)27/h4-8,17,21H,9H2,1-3H3,(H,22,23)(H,24,25)(H,26,27)/b12-4-. The molecule has 0 spiro atoms. The highest BCUT2D eigenvalue weighted by molar-refractivity contribution is 5.98. The molecule has 2 rings (SSSR count). The van der Waals surface area contributed by atoms with Crippen LogP contribution in [0.5, 0.6) is 0 Å². The monoisotopic (exact) mass is 371 g/mol. The molecule has 0 saturated heterocycles. The summed E-state index contributed by atoms with van der Waals surface area (Å²) >= 11 is 0. The van der Waals surface area contributed by atoms with Crippen LogP contribution in [0.1, 0.15) is 37.8 Å². The summed E-state index contributed by atoms with van der Waals surface area (Å²) in [5.41, 5.74) is 1.76. The summed E-state index contributed by atoms with van der Waals surface area (Å²) in [7, 11) is 0. The Bertz CT molecular complexity index is 871. The van der Waals surface area contributed by atoms with Crippen molar-refractivity contribution in [1.82, 2.24) is 5.32 Å². The predicted molar refractivity (Wildman–Crippen MR) is 98.1 cm³/mol. The van der Waals surface area contributed by atoms with Gasteiger partial charge in [-0.15, -0.1) is 0 Å². The van der Waals surface area contributed by atoms with Crippen LogP contribution < -0.4 is 5.32 Å². The highest BCUT2D eigenvalue weighted by atomic mass is 16.4. The van der Waals surface area contributed by atoms with Crippen LogP contribution in [0.4, 0.5) is 0 Å². The van der Waals surface area contributed by atoms with Crippen LogP contribution in [0.2, 0.25) is 0 Å². The summed E-state index contributed by atoms with van der Waals surface area (Å²) in [5, 5.41) is 31.6. The summed E-state index contributed by atoms with van der Waals surface area (Å²) in [6.07, 6.45) is 1.53. The largest absolute Gasteiger partial charge is 0.478 e. The Morgan fingerprint density at radius 1 is 1.00 bits per heavy atom. The SMILES string of the molecule is C/C=C(/Cc1ccccc1C1C(C(=O)O)=C(C)NC(C)=C1C(=O)O)C(=O)O. The van der Waals surface area contributed by atoms with Gasteiger partial charge in [0.2, 0.25) is 0 Å². The average Bonchev–Trinajstić information content (AvgIpc) is 2.58. The molecule has 0 aliphatic carbocycles. The number of allylic oxidation sites excluding steroid dienone is 3. The minimum Gasteiger partial charge on any atom is -0.478 e. The maximum absolute atomic E-state index is 11.9. The summed E-state index contributed by atoms with van der Waals surface area (Å²) < 4.78 is 0. The normalized spacial score (nSPS) is 15.6. The Hall–Kier alpha value is -3.35. The summed E-state index contributed by atoms with van der Waals surface area (Å²) in [6.45, 7) is 4.77. The fourth-order valence-corrected chi connectivity index (χ4v) is 3.36. The first-order chi connectivity index (χ1) is 12.7. The van der Waals surface area contributed by atoms with E-state index in [-0.39, 0.29) is 23.1 Å². The fourth-order valence-electron chi connectivity index (χ4n) is 3.36. The molecule has 27 heavy (non-hydrogen) atoms. The number of rotatable bonds is 6. The molecule has 1 aliphatic heterocycles. The number of dihydropyridines is 1. The van der Waals surface area contributed by atoms with Crippen LogP contribution in [0.3, 0.4) is 0 Å². The molecule has 0 aromatic heterocycles. The highest BCUT2D eigenvalue weighted by Gasteiger charge is 2.37. The van der Waals surface area contributed by atoms with Gasteiger partial charge in [0.1, 0.15) is 0 Å². The zero-order chi connectivity index (χ0) is 20.3. The van der Waals surface area contributed by atoms with E-state index in [1.807, 2.05) is 0 Å². The Labute approximate surface area is 156 Å². The zero-order valence-corrected chi connectivity index (χ0v) is 15.2. The molecular formula is C20H21NO6. The van der Waals surface area contributed by atoms with Crippen molar-refractivity contribution < 1.29 is 29.7 Å². The van der Waals surface area contributed by atoms with Gasteiger partial charge >= 0.3 is 17.9 Å². The molecule has 0 bridgehead atoms. The third-order valence-corrected chi connectivity index (χ3v) is 4.59. The van der Waals surface area contributed by atoms with Crippen LogP contribution in [-0.4, -0.2) is 33.2 Å². The van der Waals surface area contributed by atoms with Gasteiger partial charge in [-0.2, -0.15) is 0 Å². The first-order valence-corrected chi connectivity index (χ1v) is 8.30. The van der Waals surface area contributed by atoms with Gasteiger partial charge in [-0.25, -0.2) is 14.4 Å². The van der Waals surface area contributed by atoms with Gasteiger partial charge in [0.25, 0.3) is 0 Å². The summed E-state index contributed by atoms with van der Waals surface area (Å²) in [4.78, 5) is 35.2. The van der Waals surface area contributed by atoms with Gasteiger partial charge in [0.05, 0.1) is 17.1 Å². The first kappa shape index (κ1) is 20.0. The molecule has 1 aliphatic rings. The molecule has 1 aromatic carbocycles. The first-order valence-electron chi connectivity index (χ1n) is 8.30. The lowest BCUT2D eigenvalue weighted by Gasteiger charge is -2.30. The molecule has 0 atom stereocenters. The van der Waals surface area contributed by atoms with E-state index < -0.39 is 23.8 Å². The Morgan fingerprint density at radius 2 is 1.52 bits per heavy atom. The topological polar surface area (TPSA) is 124 Å². The molecule has 0 radical (unpaired) electrons. The van der Waals surface area contributed by atoms with Crippen molar-refractivity contribution in [3.63, 3.8) is 0 Å². The molecule has 142 valence electrons. The summed E-state index contributed by atoms with van der Waals surface area (Å²) in [5.74, 6) is -4.54. The molecule has 1 heterocycles. The van der Waals surface area contributed by atoms with Crippen molar-refractivity contribution in [2.24, 2.45) is 0 Å². The number of carboxylic acid groups (broad SMARTS) is 3. The lowest BCUT2D eigenvalue weighted by molar-refractivity contribution is -0.134. The van der Waals surface area contributed by atoms with Crippen molar-refractivity contribution in [2.45, 2.75) is 33.1 Å². The number of benzene rings is 1. The predicted octanol–water partition coefficient (Wildman–Crippen LogP) is 2.66. The van der Waals surface area contributed by atoms with E-state index in [0.717, 1.165) is 0 Å². The molecule has 7 heteroatoms. The number of hydrogen-bond acceptors (Lipinski definition) is 4. The quantitative estimate of drug-likeness (QED) is 0.567. The second-order valence-corrected chi connectivity index (χ2v) is 6.24. The highest BCUT2D eigenvalue weighted by Crippen LogP contribution is 2.40. The van der Waals surface area contributed by atoms with Crippen LogP contribution in [-0.2, 0) is 20.8 Å². The Kier molecular flexibility index (Phi) is 5.85. The number of carboxylic acids is 3. The minimum atomic E-state index is -1.23. The molecule has 0 saturated carbocycles. The van der Waals surface area contributed by atoms with Gasteiger partial charge < -0.3 is 20.6 Å². The maximum atomic E-state index is 11.9. The van der Waals surface area contributed by atoms with Gasteiger partial charge in [0, 0.05) is 23.4 Å². The van der Waals surface area contributed by atoms with Crippen LogP contribution >= 0.6 is 0 Å². The van der Waals surface area contributed by atoms with Crippen molar-refractivity contribution >= 4 is 17.9 Å². The summed E-state index contributed by atoms with van der Waals surface area (Å²) in [6, 6.07) is 6.73. The van der Waals surface area contributed by atoms with E-state index in [2.05, 4.69) is 5.32 Å². The molecule has 0 fully saturated rings. The molecule has 0 amide bonds. The van der Waals surface area contributed by atoms with Crippen LogP contribution in [0.15, 0.2) is 58.5 Å². The van der Waals surface area contributed by atoms with Crippen molar-refractivity contribution in [2.75, 3.05) is 0 Å². The smallest absolute Gasteiger partial charge is 0.334 e. The van der Waals surface area contributed by atoms with E-state index in [4.69, 9.17) is 0 Å². The lowest BCUT2D eigenvalue weighted by atomic mass is 9.78. The maximum Gasteiger partial charge on any atom is 0.334 e. The molecule has 4 N–H and O–H groups in total. The average molecular weight is 371 g/mol. The van der Waals surface area contributed by atoms with Crippen molar-refractivity contribution in [1.29, 1.82) is 0 Å². The van der Waals surface area contributed by atoms with Crippen LogP contribution in [0, 0.1) is 0 Å². The number of hydrogen-bond donors (Lipinski definition) is 4. The Balaban J connectivity index is 2.72. The van der Waals surface area contributed by atoms with E-state index in [9.17, 15) is 29.7 Å². The van der Waals surface area contributed by atoms with Gasteiger partial charge in [-0.1, -0.05) is 30.3 Å². The molecule has 7 nitrogen and oxygen atoms in total. The van der Waals surface area contributed by atoms with Gasteiger partial charge in [0.15, 0.2) is 0 Å². The van der Waals surface area contributed by atoms with E-state index >= 15 is 0 Å².